The summed E-state index contributed by atoms with van der Waals surface area (Å²) in [4.78, 5) is 26.8. The van der Waals surface area contributed by atoms with Crippen molar-refractivity contribution in [3.8, 4) is 5.75 Å². The third-order valence-electron chi connectivity index (χ3n) is 4.70. The van der Waals surface area contributed by atoms with Crippen LogP contribution in [0, 0.1) is 0 Å². The van der Waals surface area contributed by atoms with Gasteiger partial charge in [-0.3, -0.25) is 15.0 Å². The number of carbonyl (C=O) groups is 2. The minimum Gasteiger partial charge on any atom is -0.497 e. The van der Waals surface area contributed by atoms with E-state index in [-0.39, 0.29) is 5.91 Å². The highest BCUT2D eigenvalue weighted by molar-refractivity contribution is 5.97. The number of methoxy groups -OCH3 is 1. The zero-order valence-electron chi connectivity index (χ0n) is 15.6. The van der Waals surface area contributed by atoms with Gasteiger partial charge in [0.1, 0.15) is 11.8 Å². The fourth-order valence-electron chi connectivity index (χ4n) is 3.15. The maximum Gasteiger partial charge on any atom is 0.321 e. The summed E-state index contributed by atoms with van der Waals surface area (Å²) < 4.78 is 5.22. The smallest absolute Gasteiger partial charge is 0.321 e. The molecule has 3 amide bonds. The summed E-state index contributed by atoms with van der Waals surface area (Å²) in [6, 6.07) is 16.7. The van der Waals surface area contributed by atoms with Crippen molar-refractivity contribution in [2.45, 2.75) is 31.5 Å². The molecule has 3 rings (SSSR count). The highest BCUT2D eigenvalue weighted by Gasteiger charge is 2.38. The van der Waals surface area contributed by atoms with Crippen LogP contribution in [-0.2, 0) is 11.3 Å². The number of carbonyl (C=O) groups excluding carboxylic acids is 2. The van der Waals surface area contributed by atoms with Gasteiger partial charge in [0.15, 0.2) is 0 Å². The Morgan fingerprint density at radius 3 is 2.33 bits per heavy atom. The molecule has 1 aliphatic rings. The number of nitrogens with one attached hydrogen (secondary N) is 2. The zero-order chi connectivity index (χ0) is 19.2. The van der Waals surface area contributed by atoms with Gasteiger partial charge in [-0.1, -0.05) is 42.5 Å². The molecule has 1 saturated carbocycles. The number of rotatable bonds is 7. The minimum atomic E-state index is -0.530. The van der Waals surface area contributed by atoms with Gasteiger partial charge in [-0.15, -0.1) is 0 Å². The molecule has 0 bridgehead atoms. The molecule has 2 aromatic rings. The van der Waals surface area contributed by atoms with E-state index in [2.05, 4.69) is 15.5 Å². The van der Waals surface area contributed by atoms with E-state index in [1.165, 1.54) is 7.05 Å². The summed E-state index contributed by atoms with van der Waals surface area (Å²) in [7, 11) is 3.14. The molecular formula is C21H25N3O3. The van der Waals surface area contributed by atoms with Gasteiger partial charge in [-0.05, 0) is 36.1 Å². The monoisotopic (exact) mass is 367 g/mol. The van der Waals surface area contributed by atoms with Crippen molar-refractivity contribution >= 4 is 11.9 Å². The van der Waals surface area contributed by atoms with Crippen LogP contribution in [0.5, 0.6) is 5.75 Å². The second kappa shape index (κ2) is 8.68. The topological polar surface area (TPSA) is 70.7 Å². The summed E-state index contributed by atoms with van der Waals surface area (Å²) >= 11 is 0. The van der Waals surface area contributed by atoms with Crippen LogP contribution in [0.1, 0.15) is 30.0 Å². The highest BCUT2D eigenvalue weighted by atomic mass is 16.5. The fourth-order valence-corrected chi connectivity index (χ4v) is 3.15. The molecule has 142 valence electrons. The number of ether oxygens (including phenoxy) is 1. The molecule has 1 atom stereocenters. The van der Waals surface area contributed by atoms with Crippen molar-refractivity contribution < 1.29 is 14.3 Å². The summed E-state index contributed by atoms with van der Waals surface area (Å²) in [5.41, 5.74) is 1.97. The van der Waals surface area contributed by atoms with Crippen LogP contribution >= 0.6 is 0 Å². The van der Waals surface area contributed by atoms with Crippen molar-refractivity contribution in [1.82, 2.24) is 15.5 Å². The quantitative estimate of drug-likeness (QED) is 0.789. The van der Waals surface area contributed by atoms with Crippen molar-refractivity contribution in [1.29, 1.82) is 0 Å². The van der Waals surface area contributed by atoms with Gasteiger partial charge in [-0.25, -0.2) is 4.79 Å². The number of amides is 3. The van der Waals surface area contributed by atoms with E-state index < -0.39 is 12.1 Å². The van der Waals surface area contributed by atoms with Gasteiger partial charge >= 0.3 is 6.03 Å². The molecule has 0 spiro atoms. The lowest BCUT2D eigenvalue weighted by Crippen LogP contribution is -2.46. The van der Waals surface area contributed by atoms with E-state index in [9.17, 15) is 9.59 Å². The van der Waals surface area contributed by atoms with Crippen LogP contribution in [0.15, 0.2) is 54.6 Å². The first-order valence-electron chi connectivity index (χ1n) is 9.08. The third-order valence-corrected chi connectivity index (χ3v) is 4.70. The molecule has 0 radical (unpaired) electrons. The van der Waals surface area contributed by atoms with E-state index in [0.29, 0.717) is 12.6 Å². The van der Waals surface area contributed by atoms with Gasteiger partial charge in [-0.2, -0.15) is 0 Å². The summed E-state index contributed by atoms with van der Waals surface area (Å²) in [6.07, 6.45) is 2.10. The maximum atomic E-state index is 12.9. The third kappa shape index (κ3) is 4.86. The van der Waals surface area contributed by atoms with Gasteiger partial charge < -0.3 is 10.1 Å². The molecule has 2 N–H and O–H groups in total. The van der Waals surface area contributed by atoms with Crippen LogP contribution in [0.25, 0.3) is 0 Å². The van der Waals surface area contributed by atoms with Crippen LogP contribution in [-0.4, -0.2) is 37.0 Å². The molecule has 0 saturated heterocycles. The van der Waals surface area contributed by atoms with E-state index in [4.69, 9.17) is 4.74 Å². The number of hydrogen-bond donors (Lipinski definition) is 2. The van der Waals surface area contributed by atoms with Crippen molar-refractivity contribution in [3.63, 3.8) is 0 Å². The number of imide groups is 1. The van der Waals surface area contributed by atoms with E-state index in [1.54, 1.807) is 7.11 Å². The highest BCUT2D eigenvalue weighted by Crippen LogP contribution is 2.36. The van der Waals surface area contributed by atoms with Crippen LogP contribution < -0.4 is 15.4 Å². The van der Waals surface area contributed by atoms with Gasteiger partial charge in [0.05, 0.1) is 7.11 Å². The number of nitrogens with zero attached hydrogens (tertiary/aromatic N) is 1. The first-order chi connectivity index (χ1) is 13.1. The predicted octanol–water partition coefficient (Wildman–Crippen LogP) is 2.86. The Balaban J connectivity index is 1.88. The average molecular weight is 367 g/mol. The maximum absolute atomic E-state index is 12.9. The first kappa shape index (κ1) is 18.9. The Hall–Kier alpha value is -2.86. The van der Waals surface area contributed by atoms with Crippen LogP contribution in [0.2, 0.25) is 0 Å². The Bertz CT molecular complexity index is 773. The molecular weight excluding hydrogens is 342 g/mol. The fraction of sp³-hybridized carbons (Fsp3) is 0.333. The molecule has 0 heterocycles. The van der Waals surface area contributed by atoms with E-state index in [1.807, 2.05) is 54.6 Å². The number of hydrogen-bond acceptors (Lipinski definition) is 4. The largest absolute Gasteiger partial charge is 0.497 e. The Morgan fingerprint density at radius 1 is 1.11 bits per heavy atom. The Kier molecular flexibility index (Phi) is 6.08. The standard InChI is InChI=1S/C21H25N3O3/c1-22-21(26)23-20(25)19(16-6-4-3-5-7-16)24(17-10-11-17)14-15-8-12-18(27-2)13-9-15/h3-9,12-13,17,19H,10-11,14H2,1-2H3,(H2,22,23,25,26)/t19-/m1/s1. The molecule has 6 nitrogen and oxygen atoms in total. The lowest BCUT2D eigenvalue weighted by molar-refractivity contribution is -0.126. The van der Waals surface area contributed by atoms with Gasteiger partial charge in [0.2, 0.25) is 5.91 Å². The van der Waals surface area contributed by atoms with Gasteiger partial charge in [0, 0.05) is 19.6 Å². The Morgan fingerprint density at radius 2 is 1.78 bits per heavy atom. The average Bonchev–Trinajstić information content (AvgIpc) is 3.54. The molecule has 27 heavy (non-hydrogen) atoms. The second-order valence-corrected chi connectivity index (χ2v) is 6.63. The summed E-state index contributed by atoms with van der Waals surface area (Å²) in [5, 5.41) is 4.89. The summed E-state index contributed by atoms with van der Waals surface area (Å²) in [5.74, 6) is 0.481. The lowest BCUT2D eigenvalue weighted by Gasteiger charge is -2.31. The van der Waals surface area contributed by atoms with Crippen LogP contribution in [0.4, 0.5) is 4.79 Å². The molecule has 6 heteroatoms. The van der Waals surface area contributed by atoms with E-state index >= 15 is 0 Å². The molecule has 2 aromatic carbocycles. The van der Waals surface area contributed by atoms with Crippen molar-refractivity contribution in [3.05, 3.63) is 65.7 Å². The van der Waals surface area contributed by atoms with Crippen molar-refractivity contribution in [2.75, 3.05) is 14.2 Å². The van der Waals surface area contributed by atoms with Gasteiger partial charge in [0.25, 0.3) is 0 Å². The molecule has 1 fully saturated rings. The first-order valence-corrected chi connectivity index (χ1v) is 9.08. The number of benzene rings is 2. The van der Waals surface area contributed by atoms with E-state index in [0.717, 1.165) is 29.7 Å². The number of urea groups is 1. The minimum absolute atomic E-state index is 0.319. The molecule has 1 aliphatic carbocycles. The zero-order valence-corrected chi connectivity index (χ0v) is 15.6. The second-order valence-electron chi connectivity index (χ2n) is 6.63. The SMILES string of the molecule is CNC(=O)NC(=O)[C@@H](c1ccccc1)N(Cc1ccc(OC)cc1)C1CC1. The normalized spacial score (nSPS) is 14.5. The predicted molar refractivity (Wildman–Crippen MR) is 103 cm³/mol. The molecule has 0 unspecified atom stereocenters. The Labute approximate surface area is 159 Å². The molecule has 0 aliphatic heterocycles. The lowest BCUT2D eigenvalue weighted by atomic mass is 10.0. The summed E-state index contributed by atoms with van der Waals surface area (Å²) in [6.45, 7) is 0.620. The van der Waals surface area contributed by atoms with Crippen molar-refractivity contribution in [2.24, 2.45) is 0 Å². The van der Waals surface area contributed by atoms with Crippen LogP contribution in [0.3, 0.4) is 0 Å². The molecule has 0 aromatic heterocycles.